The van der Waals surface area contributed by atoms with Crippen molar-refractivity contribution in [2.24, 2.45) is 0 Å². The van der Waals surface area contributed by atoms with E-state index in [1.807, 2.05) is 58.0 Å². The molecule has 0 bridgehead atoms. The summed E-state index contributed by atoms with van der Waals surface area (Å²) in [6.45, 7) is 6.92. The summed E-state index contributed by atoms with van der Waals surface area (Å²) in [5.41, 5.74) is 1.92. The second-order valence-electron chi connectivity index (χ2n) is 11.0. The Morgan fingerprint density at radius 1 is 0.844 bits per heavy atom. The fraction of sp³-hybridized carbons (Fsp3) is 0.257. The third kappa shape index (κ3) is 8.86. The molecular formula is C35H38ClN3O5S. The maximum atomic E-state index is 14.2. The number of aryl methyl sites for hydroxylation is 1. The van der Waals surface area contributed by atoms with Crippen molar-refractivity contribution in [1.82, 2.24) is 10.2 Å². The first-order chi connectivity index (χ1) is 21.5. The fourth-order valence-corrected chi connectivity index (χ4v) is 6.30. The molecule has 2 amide bonds. The average molecular weight is 648 g/mol. The number of nitrogens with one attached hydrogen (secondary N) is 1. The standard InChI is InChI=1S/C35H38ClN3O5S/c1-5-33(35(41)37-25(2)3)38(23-27-13-15-28(36)16-14-27)34(40)24-39(45(42,43)32-21-11-26(4)12-22-32)29-17-19-31(20-18-29)44-30-9-7-6-8-10-30/h6-22,25,33H,5,23-24H2,1-4H3,(H,37,41)/t33-/m1/s1. The van der Waals surface area contributed by atoms with E-state index in [-0.39, 0.29) is 29.1 Å². The van der Waals surface area contributed by atoms with Crippen LogP contribution in [0.2, 0.25) is 5.02 Å². The number of carbonyl (C=O) groups excluding carboxylic acids is 2. The minimum atomic E-state index is -4.19. The lowest BCUT2D eigenvalue weighted by Gasteiger charge is -2.33. The molecule has 0 unspecified atom stereocenters. The average Bonchev–Trinajstić information content (AvgIpc) is 3.01. The van der Waals surface area contributed by atoms with Crippen LogP contribution in [0.4, 0.5) is 5.69 Å². The van der Waals surface area contributed by atoms with Gasteiger partial charge in [0.05, 0.1) is 10.6 Å². The maximum Gasteiger partial charge on any atom is 0.264 e. The topological polar surface area (TPSA) is 96.0 Å². The second kappa shape index (κ2) is 15.1. The van der Waals surface area contributed by atoms with Crippen molar-refractivity contribution < 1.29 is 22.7 Å². The molecule has 0 aliphatic rings. The number of rotatable bonds is 13. The van der Waals surface area contributed by atoms with Crippen LogP contribution in [0.1, 0.15) is 38.3 Å². The van der Waals surface area contributed by atoms with Gasteiger partial charge < -0.3 is 15.0 Å². The van der Waals surface area contributed by atoms with E-state index >= 15 is 0 Å². The first kappa shape index (κ1) is 33.6. The summed E-state index contributed by atoms with van der Waals surface area (Å²) in [5, 5.41) is 3.44. The summed E-state index contributed by atoms with van der Waals surface area (Å²) in [4.78, 5) is 29.0. The van der Waals surface area contributed by atoms with Gasteiger partial charge in [-0.25, -0.2) is 8.42 Å². The zero-order valence-electron chi connectivity index (χ0n) is 25.8. The van der Waals surface area contributed by atoms with E-state index < -0.39 is 28.5 Å². The molecule has 1 N–H and O–H groups in total. The Morgan fingerprint density at radius 2 is 1.44 bits per heavy atom. The third-order valence-electron chi connectivity index (χ3n) is 7.07. The molecule has 0 saturated heterocycles. The van der Waals surface area contributed by atoms with Crippen molar-refractivity contribution in [3.8, 4) is 11.5 Å². The van der Waals surface area contributed by atoms with Crippen molar-refractivity contribution >= 4 is 39.1 Å². The van der Waals surface area contributed by atoms with Crippen molar-refractivity contribution in [3.05, 3.63) is 119 Å². The van der Waals surface area contributed by atoms with Gasteiger partial charge in [0.15, 0.2) is 0 Å². The van der Waals surface area contributed by atoms with Crippen LogP contribution < -0.4 is 14.4 Å². The zero-order chi connectivity index (χ0) is 32.6. The normalized spacial score (nSPS) is 12.0. The number of para-hydroxylation sites is 1. The SMILES string of the molecule is CC[C@H](C(=O)NC(C)C)N(Cc1ccc(Cl)cc1)C(=O)CN(c1ccc(Oc2ccccc2)cc1)S(=O)(=O)c1ccc(C)cc1. The molecule has 236 valence electrons. The molecule has 45 heavy (non-hydrogen) atoms. The van der Waals surface area contributed by atoms with Gasteiger partial charge in [0.1, 0.15) is 24.1 Å². The van der Waals surface area contributed by atoms with Crippen LogP contribution in [0.25, 0.3) is 0 Å². The van der Waals surface area contributed by atoms with Crippen LogP contribution in [0.3, 0.4) is 0 Å². The summed E-state index contributed by atoms with van der Waals surface area (Å²) in [6.07, 6.45) is 0.327. The van der Waals surface area contributed by atoms with Gasteiger partial charge in [0, 0.05) is 17.6 Å². The first-order valence-corrected chi connectivity index (χ1v) is 16.6. The lowest BCUT2D eigenvalue weighted by molar-refractivity contribution is -0.140. The quantitative estimate of drug-likeness (QED) is 0.169. The van der Waals surface area contributed by atoms with Gasteiger partial charge in [-0.3, -0.25) is 13.9 Å². The predicted molar refractivity (Wildman–Crippen MR) is 178 cm³/mol. The molecule has 10 heteroatoms. The lowest BCUT2D eigenvalue weighted by atomic mass is 10.1. The van der Waals surface area contributed by atoms with E-state index in [1.54, 1.807) is 60.7 Å². The number of sulfonamides is 1. The van der Waals surface area contributed by atoms with Gasteiger partial charge in [0.25, 0.3) is 10.0 Å². The smallest absolute Gasteiger partial charge is 0.264 e. The number of nitrogens with zero attached hydrogens (tertiary/aromatic N) is 2. The van der Waals surface area contributed by atoms with E-state index in [2.05, 4.69) is 5.32 Å². The molecule has 0 aromatic heterocycles. The minimum absolute atomic E-state index is 0.0411. The van der Waals surface area contributed by atoms with Gasteiger partial charge in [-0.1, -0.05) is 66.6 Å². The lowest BCUT2D eigenvalue weighted by Crippen LogP contribution is -2.53. The Bertz CT molecular complexity index is 1680. The number of ether oxygens (including phenoxy) is 1. The van der Waals surface area contributed by atoms with Crippen LogP contribution in [0, 0.1) is 6.92 Å². The highest BCUT2D eigenvalue weighted by Crippen LogP contribution is 2.29. The summed E-state index contributed by atoms with van der Waals surface area (Å²) in [5.74, 6) is 0.290. The van der Waals surface area contributed by atoms with Crippen molar-refractivity contribution in [1.29, 1.82) is 0 Å². The van der Waals surface area contributed by atoms with Gasteiger partial charge in [-0.05, 0) is 93.4 Å². The van der Waals surface area contributed by atoms with Crippen molar-refractivity contribution in [2.75, 3.05) is 10.8 Å². The molecule has 8 nitrogen and oxygen atoms in total. The zero-order valence-corrected chi connectivity index (χ0v) is 27.4. The number of halogens is 1. The largest absolute Gasteiger partial charge is 0.457 e. The molecule has 0 fully saturated rings. The third-order valence-corrected chi connectivity index (χ3v) is 9.11. The summed E-state index contributed by atoms with van der Waals surface area (Å²) in [6, 6.07) is 28.2. The molecule has 0 heterocycles. The number of hydrogen-bond donors (Lipinski definition) is 1. The fourth-order valence-electron chi connectivity index (χ4n) is 4.76. The Kier molecular flexibility index (Phi) is 11.3. The van der Waals surface area contributed by atoms with E-state index in [0.717, 1.165) is 15.4 Å². The number of hydrogen-bond acceptors (Lipinski definition) is 5. The molecule has 0 spiro atoms. The van der Waals surface area contributed by atoms with E-state index in [0.29, 0.717) is 22.9 Å². The summed E-state index contributed by atoms with van der Waals surface area (Å²) in [7, 11) is -4.19. The summed E-state index contributed by atoms with van der Waals surface area (Å²) < 4.78 is 35.2. The number of carbonyl (C=O) groups is 2. The Morgan fingerprint density at radius 3 is 2.02 bits per heavy atom. The summed E-state index contributed by atoms with van der Waals surface area (Å²) >= 11 is 6.09. The van der Waals surface area contributed by atoms with Gasteiger partial charge in [-0.2, -0.15) is 0 Å². The van der Waals surface area contributed by atoms with Crippen molar-refractivity contribution in [2.45, 2.75) is 57.6 Å². The maximum absolute atomic E-state index is 14.2. The highest BCUT2D eigenvalue weighted by Gasteiger charge is 2.34. The van der Waals surface area contributed by atoms with Crippen LogP contribution in [0.5, 0.6) is 11.5 Å². The Labute approximate surface area is 270 Å². The molecule has 0 radical (unpaired) electrons. The van der Waals surface area contributed by atoms with Gasteiger partial charge in [0.2, 0.25) is 11.8 Å². The van der Waals surface area contributed by atoms with Crippen LogP contribution in [0.15, 0.2) is 108 Å². The molecule has 1 atom stereocenters. The molecule has 0 aliphatic carbocycles. The molecular weight excluding hydrogens is 610 g/mol. The monoisotopic (exact) mass is 647 g/mol. The van der Waals surface area contributed by atoms with Crippen LogP contribution >= 0.6 is 11.6 Å². The molecule has 0 saturated carbocycles. The van der Waals surface area contributed by atoms with Crippen LogP contribution in [-0.4, -0.2) is 43.8 Å². The van der Waals surface area contributed by atoms with E-state index in [4.69, 9.17) is 16.3 Å². The predicted octanol–water partition coefficient (Wildman–Crippen LogP) is 6.97. The number of anilines is 1. The highest BCUT2D eigenvalue weighted by atomic mass is 35.5. The molecule has 0 aliphatic heterocycles. The molecule has 4 aromatic rings. The Hall–Kier alpha value is -4.34. The van der Waals surface area contributed by atoms with E-state index in [9.17, 15) is 18.0 Å². The van der Waals surface area contributed by atoms with Gasteiger partial charge in [-0.15, -0.1) is 0 Å². The van der Waals surface area contributed by atoms with E-state index in [1.165, 1.54) is 17.0 Å². The number of benzene rings is 4. The van der Waals surface area contributed by atoms with Crippen LogP contribution in [-0.2, 0) is 26.2 Å². The first-order valence-electron chi connectivity index (χ1n) is 14.7. The molecule has 4 rings (SSSR count). The highest BCUT2D eigenvalue weighted by molar-refractivity contribution is 7.92. The number of amides is 2. The van der Waals surface area contributed by atoms with Gasteiger partial charge >= 0.3 is 0 Å². The molecule has 4 aromatic carbocycles. The minimum Gasteiger partial charge on any atom is -0.457 e. The van der Waals surface area contributed by atoms with Crippen molar-refractivity contribution in [3.63, 3.8) is 0 Å². The second-order valence-corrected chi connectivity index (χ2v) is 13.3. The Balaban J connectivity index is 1.72.